The molecule has 1 atom stereocenters. The summed E-state index contributed by atoms with van der Waals surface area (Å²) in [6.07, 6.45) is 3.67. The van der Waals surface area contributed by atoms with Gasteiger partial charge in [-0.05, 0) is 22.5 Å². The van der Waals surface area contributed by atoms with E-state index in [1.54, 1.807) is 0 Å². The first-order chi connectivity index (χ1) is 5.70. The first-order valence-corrected chi connectivity index (χ1v) is 4.90. The molecule has 0 radical (unpaired) electrons. The highest BCUT2D eigenvalue weighted by Crippen LogP contribution is 2.22. The Balaban J connectivity index is 3.48. The summed E-state index contributed by atoms with van der Waals surface area (Å²) in [7, 11) is 2.68. The van der Waals surface area contributed by atoms with Crippen LogP contribution in [0.2, 0.25) is 0 Å². The Labute approximate surface area is 83.7 Å². The third-order valence-electron chi connectivity index (χ3n) is 1.68. The van der Waals surface area contributed by atoms with Crippen LogP contribution in [0, 0.1) is 0 Å². The van der Waals surface area contributed by atoms with Gasteiger partial charge in [0.15, 0.2) is 0 Å². The van der Waals surface area contributed by atoms with E-state index >= 15 is 0 Å². The lowest BCUT2D eigenvalue weighted by atomic mass is 10.1. The highest BCUT2D eigenvalue weighted by Gasteiger charge is 2.02. The van der Waals surface area contributed by atoms with Gasteiger partial charge in [0.2, 0.25) is 0 Å². The maximum atomic E-state index is 3.76. The molecule has 0 nitrogen and oxygen atoms in total. The van der Waals surface area contributed by atoms with Crippen molar-refractivity contribution in [2.45, 2.75) is 0 Å². The molecule has 0 saturated carbocycles. The van der Waals surface area contributed by atoms with E-state index in [-0.39, 0.29) is 0 Å². The molecule has 0 heterocycles. The summed E-state index contributed by atoms with van der Waals surface area (Å²) in [6.45, 7) is 7.51. The van der Waals surface area contributed by atoms with Crippen molar-refractivity contribution in [3.05, 3.63) is 40.9 Å². The zero-order chi connectivity index (χ0) is 9.14. The molecule has 0 aromatic heterocycles. The van der Waals surface area contributed by atoms with Crippen LogP contribution in [0.15, 0.2) is 29.8 Å². The summed E-state index contributed by atoms with van der Waals surface area (Å²) in [5, 5.41) is 1.14. The van der Waals surface area contributed by atoms with Gasteiger partial charge in [0.1, 0.15) is 0 Å². The molecule has 0 aliphatic rings. The van der Waals surface area contributed by atoms with Crippen molar-refractivity contribution in [2.75, 3.05) is 0 Å². The highest BCUT2D eigenvalue weighted by molar-refractivity contribution is 9.10. The Hall–Kier alpha value is -0.390. The Bertz CT molecular complexity index is 296. The van der Waals surface area contributed by atoms with Gasteiger partial charge in [-0.2, -0.15) is 0 Å². The van der Waals surface area contributed by atoms with E-state index in [4.69, 9.17) is 0 Å². The van der Waals surface area contributed by atoms with Crippen LogP contribution >= 0.6 is 25.2 Å². The summed E-state index contributed by atoms with van der Waals surface area (Å²) >= 11 is 3.45. The van der Waals surface area contributed by atoms with E-state index in [0.29, 0.717) is 0 Å². The molecule has 1 rings (SSSR count). The number of hydrogen-bond donors (Lipinski definition) is 0. The van der Waals surface area contributed by atoms with E-state index in [0.717, 1.165) is 20.9 Å². The van der Waals surface area contributed by atoms with Gasteiger partial charge in [0.25, 0.3) is 0 Å². The summed E-state index contributed by atoms with van der Waals surface area (Å²) in [4.78, 5) is 0. The minimum Gasteiger partial charge on any atom is -0.105 e. The van der Waals surface area contributed by atoms with Gasteiger partial charge in [-0.25, -0.2) is 0 Å². The summed E-state index contributed by atoms with van der Waals surface area (Å²) in [5.41, 5.74) is 2.21. The van der Waals surface area contributed by atoms with Gasteiger partial charge >= 0.3 is 0 Å². The first-order valence-electron chi connectivity index (χ1n) is 3.53. The normalized spacial score (nSPS) is 9.50. The lowest BCUT2D eigenvalue weighted by Crippen LogP contribution is -1.99. The number of rotatable bonds is 2. The smallest absolute Gasteiger partial charge is 0.0253 e. The fourth-order valence-electron chi connectivity index (χ4n) is 1.06. The fraction of sp³-hybridized carbons (Fsp3) is 0. The molecule has 1 unspecified atom stereocenters. The molecule has 0 spiro atoms. The van der Waals surface area contributed by atoms with Crippen LogP contribution in [0.5, 0.6) is 0 Å². The standard InChI is InChI=1S/C10H10BrP/c1-3-7-8(4-2)10(12)6-5-9(7)11/h3-6H,1-2,12H2. The predicted molar refractivity (Wildman–Crippen MR) is 63.7 cm³/mol. The van der Waals surface area contributed by atoms with Crippen LogP contribution in [0.4, 0.5) is 0 Å². The largest absolute Gasteiger partial charge is 0.105 e. The van der Waals surface area contributed by atoms with Crippen molar-refractivity contribution in [1.82, 2.24) is 0 Å². The highest BCUT2D eigenvalue weighted by atomic mass is 79.9. The van der Waals surface area contributed by atoms with E-state index in [9.17, 15) is 0 Å². The van der Waals surface area contributed by atoms with Gasteiger partial charge in [-0.1, -0.05) is 47.3 Å². The first kappa shape index (κ1) is 9.70. The zero-order valence-corrected chi connectivity index (χ0v) is 9.42. The second-order valence-electron chi connectivity index (χ2n) is 2.37. The molecule has 0 amide bonds. The van der Waals surface area contributed by atoms with E-state index in [1.807, 2.05) is 24.3 Å². The predicted octanol–water partition coefficient (Wildman–Crippen LogP) is 3.24. The topological polar surface area (TPSA) is 0 Å². The quantitative estimate of drug-likeness (QED) is 0.697. The Morgan fingerprint density at radius 3 is 2.17 bits per heavy atom. The molecule has 0 aliphatic carbocycles. The maximum absolute atomic E-state index is 3.76. The minimum absolute atomic E-state index is 1.05. The van der Waals surface area contributed by atoms with Crippen molar-refractivity contribution < 1.29 is 0 Å². The number of hydrogen-bond acceptors (Lipinski definition) is 0. The fourth-order valence-corrected chi connectivity index (χ4v) is 1.94. The Morgan fingerprint density at radius 1 is 1.17 bits per heavy atom. The van der Waals surface area contributed by atoms with Gasteiger partial charge in [0.05, 0.1) is 0 Å². The molecule has 62 valence electrons. The van der Waals surface area contributed by atoms with Gasteiger partial charge in [0, 0.05) is 4.47 Å². The maximum Gasteiger partial charge on any atom is 0.0253 e. The molecular weight excluding hydrogens is 231 g/mol. The Kier molecular flexibility index (Phi) is 3.25. The van der Waals surface area contributed by atoms with Gasteiger partial charge in [-0.3, -0.25) is 0 Å². The van der Waals surface area contributed by atoms with Crippen molar-refractivity contribution in [2.24, 2.45) is 0 Å². The third-order valence-corrected chi connectivity index (χ3v) is 2.87. The second kappa shape index (κ2) is 4.02. The SMILES string of the molecule is C=Cc1c(P)ccc(Br)c1C=C. The zero-order valence-electron chi connectivity index (χ0n) is 6.68. The lowest BCUT2D eigenvalue weighted by Gasteiger charge is -2.06. The minimum atomic E-state index is 1.05. The molecule has 0 N–H and O–H groups in total. The van der Waals surface area contributed by atoms with E-state index in [2.05, 4.69) is 38.3 Å². The molecule has 0 saturated heterocycles. The average molecular weight is 241 g/mol. The second-order valence-corrected chi connectivity index (χ2v) is 3.85. The molecule has 0 aliphatic heterocycles. The third kappa shape index (κ3) is 1.68. The van der Waals surface area contributed by atoms with Crippen LogP contribution in [0.1, 0.15) is 11.1 Å². The van der Waals surface area contributed by atoms with Crippen molar-refractivity contribution in [3.8, 4) is 0 Å². The van der Waals surface area contributed by atoms with E-state index in [1.165, 1.54) is 0 Å². The van der Waals surface area contributed by atoms with Gasteiger partial charge in [-0.15, -0.1) is 9.24 Å². The molecule has 2 heteroatoms. The van der Waals surface area contributed by atoms with Crippen molar-refractivity contribution >= 4 is 42.6 Å². The molecule has 1 aromatic rings. The number of benzene rings is 1. The summed E-state index contributed by atoms with van der Waals surface area (Å²) in [5.74, 6) is 0. The van der Waals surface area contributed by atoms with Crippen LogP contribution in [0.25, 0.3) is 12.2 Å². The molecule has 0 fully saturated rings. The molecule has 12 heavy (non-hydrogen) atoms. The van der Waals surface area contributed by atoms with Crippen molar-refractivity contribution in [3.63, 3.8) is 0 Å². The lowest BCUT2D eigenvalue weighted by molar-refractivity contribution is 1.61. The number of halogens is 1. The van der Waals surface area contributed by atoms with Crippen LogP contribution in [-0.4, -0.2) is 0 Å². The monoisotopic (exact) mass is 240 g/mol. The van der Waals surface area contributed by atoms with E-state index < -0.39 is 0 Å². The molecule has 0 bridgehead atoms. The molecular formula is C10H10BrP. The van der Waals surface area contributed by atoms with Crippen LogP contribution in [0.3, 0.4) is 0 Å². The van der Waals surface area contributed by atoms with Gasteiger partial charge < -0.3 is 0 Å². The Morgan fingerprint density at radius 2 is 1.75 bits per heavy atom. The summed E-state index contributed by atoms with van der Waals surface area (Å²) < 4.78 is 1.05. The summed E-state index contributed by atoms with van der Waals surface area (Å²) in [6, 6.07) is 4.03. The average Bonchev–Trinajstić information content (AvgIpc) is 2.08. The van der Waals surface area contributed by atoms with Crippen molar-refractivity contribution in [1.29, 1.82) is 0 Å². The molecule has 1 aromatic carbocycles. The van der Waals surface area contributed by atoms with Crippen LogP contribution < -0.4 is 5.30 Å². The van der Waals surface area contributed by atoms with Crippen LogP contribution in [-0.2, 0) is 0 Å².